The molecule has 2 heterocycles. The molecule has 0 radical (unpaired) electrons. The van der Waals surface area contributed by atoms with E-state index in [-0.39, 0.29) is 22.4 Å². The second-order valence-electron chi connectivity index (χ2n) is 7.88. The van der Waals surface area contributed by atoms with Crippen molar-refractivity contribution in [1.82, 2.24) is 9.97 Å². The lowest BCUT2D eigenvalue weighted by molar-refractivity contribution is 0.343. The van der Waals surface area contributed by atoms with E-state index in [9.17, 15) is 4.39 Å². The van der Waals surface area contributed by atoms with Crippen molar-refractivity contribution in [1.29, 1.82) is 0 Å². The standard InChI is InChI=1S/C20H21ClFN3/c1-20(2,3)16-10-11-25(16)18-15-9-8-14(17(15)23-19(21)24-18)12-4-6-13(22)7-5-12/h4-7,10-11,14,16H,8-9H2,1-3H3. The van der Waals surface area contributed by atoms with E-state index in [1.807, 2.05) is 12.1 Å². The van der Waals surface area contributed by atoms with Crippen LogP contribution in [0.1, 0.15) is 49.9 Å². The maximum atomic E-state index is 13.3. The van der Waals surface area contributed by atoms with Gasteiger partial charge in [0.25, 0.3) is 0 Å². The third kappa shape index (κ3) is 2.82. The van der Waals surface area contributed by atoms with Crippen LogP contribution in [-0.4, -0.2) is 16.0 Å². The van der Waals surface area contributed by atoms with E-state index in [4.69, 9.17) is 11.6 Å². The van der Waals surface area contributed by atoms with Crippen LogP contribution in [0.15, 0.2) is 36.5 Å². The van der Waals surface area contributed by atoms with Crippen molar-refractivity contribution in [2.24, 2.45) is 5.41 Å². The first-order chi connectivity index (χ1) is 11.8. The van der Waals surface area contributed by atoms with Gasteiger partial charge in [0.2, 0.25) is 5.28 Å². The molecule has 0 amide bonds. The minimum absolute atomic E-state index is 0.119. The van der Waals surface area contributed by atoms with Crippen LogP contribution in [0.25, 0.3) is 0 Å². The van der Waals surface area contributed by atoms with E-state index in [2.05, 4.69) is 47.9 Å². The van der Waals surface area contributed by atoms with Crippen LogP contribution in [0.2, 0.25) is 5.28 Å². The number of fused-ring (bicyclic) bond motifs is 1. The van der Waals surface area contributed by atoms with Gasteiger partial charge in [0.15, 0.2) is 0 Å². The molecule has 1 aromatic carbocycles. The van der Waals surface area contributed by atoms with Crippen molar-refractivity contribution in [2.45, 2.75) is 45.6 Å². The van der Waals surface area contributed by atoms with Crippen LogP contribution in [-0.2, 0) is 6.42 Å². The number of rotatable bonds is 2. The van der Waals surface area contributed by atoms with Gasteiger partial charge in [-0.05, 0) is 53.6 Å². The number of halogens is 2. The summed E-state index contributed by atoms with van der Waals surface area (Å²) in [6.07, 6.45) is 6.13. The number of aromatic nitrogens is 2. The highest BCUT2D eigenvalue weighted by Crippen LogP contribution is 2.44. The van der Waals surface area contributed by atoms with Gasteiger partial charge in [-0.15, -0.1) is 0 Å². The predicted octanol–water partition coefficient (Wildman–Crippen LogP) is 5.10. The van der Waals surface area contributed by atoms with Crippen LogP contribution in [0.5, 0.6) is 0 Å². The smallest absolute Gasteiger partial charge is 0.224 e. The van der Waals surface area contributed by atoms with E-state index in [0.29, 0.717) is 6.04 Å². The topological polar surface area (TPSA) is 29.0 Å². The van der Waals surface area contributed by atoms with Crippen LogP contribution in [0.3, 0.4) is 0 Å². The van der Waals surface area contributed by atoms with Gasteiger partial charge in [0, 0.05) is 17.7 Å². The Kier molecular flexibility index (Phi) is 3.84. The van der Waals surface area contributed by atoms with Gasteiger partial charge in [-0.25, -0.2) is 9.37 Å². The van der Waals surface area contributed by atoms with Crippen LogP contribution in [0, 0.1) is 11.2 Å². The van der Waals surface area contributed by atoms with E-state index in [1.54, 1.807) is 0 Å². The maximum Gasteiger partial charge on any atom is 0.224 e. The van der Waals surface area contributed by atoms with Gasteiger partial charge in [-0.2, -0.15) is 4.98 Å². The average molecular weight is 358 g/mol. The molecular weight excluding hydrogens is 337 g/mol. The van der Waals surface area contributed by atoms with Gasteiger partial charge in [-0.1, -0.05) is 32.9 Å². The summed E-state index contributed by atoms with van der Waals surface area (Å²) < 4.78 is 13.3. The molecule has 0 spiro atoms. The Bertz CT molecular complexity index is 839. The first kappa shape index (κ1) is 16.5. The summed E-state index contributed by atoms with van der Waals surface area (Å²) in [6.45, 7) is 6.66. The summed E-state index contributed by atoms with van der Waals surface area (Å²) in [6, 6.07) is 6.99. The second-order valence-corrected chi connectivity index (χ2v) is 8.22. The zero-order chi connectivity index (χ0) is 17.8. The van der Waals surface area contributed by atoms with Crippen LogP contribution < -0.4 is 4.90 Å². The highest BCUT2D eigenvalue weighted by Gasteiger charge is 2.37. The molecule has 2 unspecified atom stereocenters. The number of nitrogens with zero attached hydrogens (tertiary/aromatic N) is 3. The van der Waals surface area contributed by atoms with Gasteiger partial charge in [-0.3, -0.25) is 0 Å². The zero-order valence-corrected chi connectivity index (χ0v) is 15.4. The Morgan fingerprint density at radius 3 is 2.48 bits per heavy atom. The third-order valence-corrected chi connectivity index (χ3v) is 5.30. The van der Waals surface area contributed by atoms with Crippen molar-refractivity contribution in [3.05, 3.63) is 64.5 Å². The Morgan fingerprint density at radius 1 is 1.16 bits per heavy atom. The Hall–Kier alpha value is -1.94. The number of hydrogen-bond acceptors (Lipinski definition) is 3. The minimum atomic E-state index is -0.220. The van der Waals surface area contributed by atoms with Gasteiger partial charge in [0.1, 0.15) is 11.6 Å². The summed E-state index contributed by atoms with van der Waals surface area (Å²) in [5.74, 6) is 0.845. The fourth-order valence-corrected chi connectivity index (χ4v) is 3.99. The molecule has 2 atom stereocenters. The lowest BCUT2D eigenvalue weighted by Gasteiger charge is -2.43. The fourth-order valence-electron chi connectivity index (χ4n) is 3.81. The average Bonchev–Trinajstić information content (AvgIpc) is 2.89. The largest absolute Gasteiger partial charge is 0.325 e. The third-order valence-electron chi connectivity index (χ3n) is 5.14. The monoisotopic (exact) mass is 357 g/mol. The zero-order valence-electron chi connectivity index (χ0n) is 14.6. The lowest BCUT2D eigenvalue weighted by atomic mass is 9.82. The first-order valence-corrected chi connectivity index (χ1v) is 9.01. The predicted molar refractivity (Wildman–Crippen MR) is 98.5 cm³/mol. The van der Waals surface area contributed by atoms with Crippen molar-refractivity contribution < 1.29 is 4.39 Å². The molecule has 0 saturated carbocycles. The normalized spacial score (nSPS) is 22.0. The Balaban J connectivity index is 1.75. The minimum Gasteiger partial charge on any atom is -0.325 e. The molecule has 1 aliphatic heterocycles. The molecule has 0 N–H and O–H groups in total. The Morgan fingerprint density at radius 2 is 1.88 bits per heavy atom. The SMILES string of the molecule is CC(C)(C)C1C=CN1c1nc(Cl)nc2c1CCC2c1ccc(F)cc1. The lowest BCUT2D eigenvalue weighted by Crippen LogP contribution is -2.46. The molecule has 1 aliphatic carbocycles. The van der Waals surface area contributed by atoms with Crippen molar-refractivity contribution in [3.63, 3.8) is 0 Å². The van der Waals surface area contributed by atoms with Crippen molar-refractivity contribution in [3.8, 4) is 0 Å². The molecule has 0 saturated heterocycles. The fraction of sp³-hybridized carbons (Fsp3) is 0.400. The Labute approximate surface area is 152 Å². The molecule has 3 nitrogen and oxygen atoms in total. The van der Waals surface area contributed by atoms with E-state index >= 15 is 0 Å². The molecular formula is C20H21ClFN3. The summed E-state index contributed by atoms with van der Waals surface area (Å²) in [7, 11) is 0. The number of benzene rings is 1. The number of anilines is 1. The summed E-state index contributed by atoms with van der Waals surface area (Å²) in [5.41, 5.74) is 3.34. The maximum absolute atomic E-state index is 13.3. The highest BCUT2D eigenvalue weighted by atomic mass is 35.5. The molecule has 0 bridgehead atoms. The quantitative estimate of drug-likeness (QED) is 0.700. The molecule has 1 aromatic heterocycles. The van der Waals surface area contributed by atoms with E-state index < -0.39 is 0 Å². The summed E-state index contributed by atoms with van der Waals surface area (Å²) >= 11 is 6.26. The van der Waals surface area contributed by atoms with Crippen LogP contribution >= 0.6 is 11.6 Å². The summed E-state index contributed by atoms with van der Waals surface area (Å²) in [5, 5.41) is 0.274. The molecule has 2 aliphatic rings. The molecule has 130 valence electrons. The van der Waals surface area contributed by atoms with Crippen molar-refractivity contribution in [2.75, 3.05) is 4.90 Å². The van der Waals surface area contributed by atoms with Gasteiger partial charge in [0.05, 0.1) is 11.7 Å². The van der Waals surface area contributed by atoms with E-state index in [0.717, 1.165) is 35.5 Å². The number of hydrogen-bond donors (Lipinski definition) is 0. The molecule has 5 heteroatoms. The van der Waals surface area contributed by atoms with Gasteiger partial charge >= 0.3 is 0 Å². The molecule has 25 heavy (non-hydrogen) atoms. The molecule has 0 fully saturated rings. The van der Waals surface area contributed by atoms with Crippen LogP contribution in [0.4, 0.5) is 10.2 Å². The van der Waals surface area contributed by atoms with E-state index in [1.165, 1.54) is 12.1 Å². The second kappa shape index (κ2) is 5.80. The first-order valence-electron chi connectivity index (χ1n) is 8.63. The highest BCUT2D eigenvalue weighted by molar-refractivity contribution is 6.28. The summed E-state index contributed by atoms with van der Waals surface area (Å²) in [4.78, 5) is 11.3. The molecule has 4 rings (SSSR count). The molecule has 2 aromatic rings. The van der Waals surface area contributed by atoms with Crippen molar-refractivity contribution >= 4 is 17.4 Å². The van der Waals surface area contributed by atoms with Gasteiger partial charge < -0.3 is 4.90 Å².